The van der Waals surface area contributed by atoms with Crippen molar-refractivity contribution in [1.29, 1.82) is 0 Å². The normalized spacial score (nSPS) is 25.4. The lowest BCUT2D eigenvalue weighted by Crippen LogP contribution is -2.50. The summed E-state index contributed by atoms with van der Waals surface area (Å²) in [5.41, 5.74) is -1.35. The van der Waals surface area contributed by atoms with Gasteiger partial charge in [-0.3, -0.25) is 4.98 Å². The van der Waals surface area contributed by atoms with Gasteiger partial charge in [-0.1, -0.05) is 18.4 Å². The van der Waals surface area contributed by atoms with Crippen molar-refractivity contribution >= 4 is 27.5 Å². The summed E-state index contributed by atoms with van der Waals surface area (Å²) in [6.07, 6.45) is 12.5. The van der Waals surface area contributed by atoms with Crippen LogP contribution in [0.1, 0.15) is 44.6 Å². The Labute approximate surface area is 266 Å². The highest BCUT2D eigenvalue weighted by Gasteiger charge is 2.47. The Morgan fingerprint density at radius 1 is 1.17 bits per heavy atom. The molecule has 1 aliphatic carbocycles. The van der Waals surface area contributed by atoms with Crippen LogP contribution in [0, 0.1) is 29.4 Å². The van der Waals surface area contributed by atoms with Crippen LogP contribution in [0.4, 0.5) is 14.6 Å². The highest BCUT2D eigenvalue weighted by Crippen LogP contribution is 2.47. The first-order chi connectivity index (χ1) is 22.1. The van der Waals surface area contributed by atoms with Crippen LogP contribution in [0.15, 0.2) is 30.5 Å². The highest BCUT2D eigenvalue weighted by molar-refractivity contribution is 6.03. The Bertz CT molecular complexity index is 1880. The van der Waals surface area contributed by atoms with Crippen LogP contribution >= 0.6 is 0 Å². The van der Waals surface area contributed by atoms with Gasteiger partial charge >= 0.3 is 6.01 Å². The van der Waals surface area contributed by atoms with E-state index in [1.54, 1.807) is 6.92 Å². The number of ether oxygens (including phenoxy) is 2. The number of phenols is 1. The van der Waals surface area contributed by atoms with Crippen molar-refractivity contribution in [3.05, 3.63) is 47.7 Å². The molecule has 0 bridgehead atoms. The Hall–Kier alpha value is -4.11. The molecule has 2 aliphatic heterocycles. The van der Waals surface area contributed by atoms with Gasteiger partial charge in [-0.2, -0.15) is 9.97 Å². The minimum Gasteiger partial charge on any atom is -0.508 e. The van der Waals surface area contributed by atoms with E-state index >= 15 is 4.39 Å². The van der Waals surface area contributed by atoms with E-state index in [1.807, 2.05) is 4.90 Å². The number of phenolic OH excluding ortho intramolecular Hbond substituents is 1. The Morgan fingerprint density at radius 2 is 2.00 bits per heavy atom. The van der Waals surface area contributed by atoms with Gasteiger partial charge in [-0.25, -0.2) is 8.78 Å². The van der Waals surface area contributed by atoms with E-state index in [0.717, 1.165) is 38.6 Å². The van der Waals surface area contributed by atoms with Gasteiger partial charge in [0.2, 0.25) is 0 Å². The molecule has 2 N–H and O–H groups in total. The largest absolute Gasteiger partial charge is 0.508 e. The lowest BCUT2D eigenvalue weighted by Gasteiger charge is -2.44. The molecule has 0 amide bonds. The van der Waals surface area contributed by atoms with Gasteiger partial charge in [-0.05, 0) is 69.8 Å². The maximum atomic E-state index is 16.8. The summed E-state index contributed by atoms with van der Waals surface area (Å²) in [4.78, 5) is 18.1. The van der Waals surface area contributed by atoms with Crippen molar-refractivity contribution in [2.24, 2.45) is 5.41 Å². The zero-order valence-electron chi connectivity index (χ0n) is 26.0. The molecule has 4 heterocycles. The van der Waals surface area contributed by atoms with E-state index in [1.165, 1.54) is 30.5 Å². The number of rotatable bonds is 5. The zero-order chi connectivity index (χ0) is 32.2. The first-order valence-electron chi connectivity index (χ1n) is 15.8. The number of likely N-dealkylation sites (tertiary alicyclic amines) is 1. The Morgan fingerprint density at radius 3 is 2.83 bits per heavy atom. The van der Waals surface area contributed by atoms with Gasteiger partial charge in [-0.15, -0.1) is 6.42 Å². The number of nitrogens with zero attached hydrogens (tertiary/aromatic N) is 5. The minimum atomic E-state index is -1.18. The van der Waals surface area contributed by atoms with Gasteiger partial charge in [0.15, 0.2) is 5.82 Å². The van der Waals surface area contributed by atoms with Crippen molar-refractivity contribution in [2.75, 3.05) is 51.4 Å². The molecule has 0 radical (unpaired) electrons. The smallest absolute Gasteiger partial charge is 0.319 e. The maximum absolute atomic E-state index is 16.8. The lowest BCUT2D eigenvalue weighted by atomic mass is 9.76. The van der Waals surface area contributed by atoms with E-state index in [0.29, 0.717) is 42.4 Å². The monoisotopic (exact) mass is 629 g/mol. The minimum absolute atomic E-state index is 0.0211. The van der Waals surface area contributed by atoms with Crippen LogP contribution in [0.3, 0.4) is 0 Å². The van der Waals surface area contributed by atoms with E-state index < -0.39 is 17.2 Å². The summed E-state index contributed by atoms with van der Waals surface area (Å²) in [7, 11) is 2.16. The SMILES string of the molecule is C#Cc1c(F)ccc2cc(O)cc(-c3ncc4c(N5CCOC[C@@](C)(O)C5)nc(OC[C@]56CCC[C@H]5N(C)CCC6)nc4c3F)c12. The molecule has 3 aliphatic rings. The van der Waals surface area contributed by atoms with E-state index in [9.17, 15) is 14.6 Å². The standard InChI is InChI=1S/C35H37F2N5O4/c1-4-23-26(36)9-8-21-15-22(43)16-24(28(21)23)30-29(37)31-25(17-38-30)32(42-13-14-45-19-34(2,44)18-42)40-33(39-31)46-20-35-10-5-7-27(35)41(3)12-6-11-35/h1,8-9,15-17,27,43-44H,5-7,10-14,18-20H2,2-3H3/t27-,34+,35-/m1/s1. The molecular formula is C35H37F2N5O4. The molecule has 0 spiro atoms. The van der Waals surface area contributed by atoms with Gasteiger partial charge in [0, 0.05) is 35.1 Å². The number of piperidine rings is 1. The molecule has 3 fully saturated rings. The summed E-state index contributed by atoms with van der Waals surface area (Å²) in [6.45, 7) is 4.18. The second kappa shape index (κ2) is 11.6. The summed E-state index contributed by atoms with van der Waals surface area (Å²) >= 11 is 0. The highest BCUT2D eigenvalue weighted by atomic mass is 19.1. The summed E-state index contributed by atoms with van der Waals surface area (Å²) < 4.78 is 43.7. The van der Waals surface area contributed by atoms with Gasteiger partial charge in [0.05, 0.1) is 37.3 Å². The number of pyridine rings is 1. The zero-order valence-corrected chi connectivity index (χ0v) is 26.0. The van der Waals surface area contributed by atoms with Crippen LogP contribution < -0.4 is 9.64 Å². The number of anilines is 1. The number of aromatic nitrogens is 3. The number of β-amino-alcohol motifs (C(OH)–C–C–N with tert-alkyl or cyclic N) is 1. The first-order valence-corrected chi connectivity index (χ1v) is 15.8. The van der Waals surface area contributed by atoms with Crippen molar-refractivity contribution in [2.45, 2.75) is 50.7 Å². The van der Waals surface area contributed by atoms with Crippen molar-refractivity contribution in [1.82, 2.24) is 19.9 Å². The number of hydrogen-bond donors (Lipinski definition) is 2. The van der Waals surface area contributed by atoms with Crippen LogP contribution in [0.5, 0.6) is 11.8 Å². The summed E-state index contributed by atoms with van der Waals surface area (Å²) in [5.74, 6) is 1.14. The van der Waals surface area contributed by atoms with Crippen LogP contribution in [-0.2, 0) is 4.74 Å². The fraction of sp³-hybridized carbons (Fsp3) is 0.457. The summed E-state index contributed by atoms with van der Waals surface area (Å²) in [5, 5.41) is 22.5. The Balaban J connectivity index is 1.39. The Kier molecular flexibility index (Phi) is 7.70. The average molecular weight is 630 g/mol. The van der Waals surface area contributed by atoms with Gasteiger partial charge in [0.25, 0.3) is 0 Å². The number of terminal acetylenes is 1. The third-order valence-electron chi connectivity index (χ3n) is 9.91. The van der Waals surface area contributed by atoms with Crippen LogP contribution in [0.25, 0.3) is 32.9 Å². The molecule has 3 atom stereocenters. The molecule has 1 saturated carbocycles. The number of fused-ring (bicyclic) bond motifs is 3. The third-order valence-corrected chi connectivity index (χ3v) is 9.91. The van der Waals surface area contributed by atoms with Crippen LogP contribution in [0.2, 0.25) is 0 Å². The fourth-order valence-electron chi connectivity index (χ4n) is 7.84. The lowest BCUT2D eigenvalue weighted by molar-refractivity contribution is -0.0123. The molecule has 0 unspecified atom stereocenters. The predicted octanol–water partition coefficient (Wildman–Crippen LogP) is 5.04. The summed E-state index contributed by atoms with van der Waals surface area (Å²) in [6, 6.07) is 5.87. The number of benzene rings is 2. The molecule has 2 saturated heterocycles. The quantitative estimate of drug-likeness (QED) is 0.294. The number of halogens is 2. The molecule has 7 rings (SSSR count). The number of aliphatic hydroxyl groups is 1. The predicted molar refractivity (Wildman–Crippen MR) is 171 cm³/mol. The van der Waals surface area contributed by atoms with Crippen molar-refractivity contribution in [3.8, 4) is 35.4 Å². The average Bonchev–Trinajstić information content (AvgIpc) is 3.38. The molecular weight excluding hydrogens is 592 g/mol. The molecule has 2 aromatic heterocycles. The molecule has 2 aromatic carbocycles. The molecule has 4 aromatic rings. The molecule has 9 nitrogen and oxygen atoms in total. The fourth-order valence-corrected chi connectivity index (χ4v) is 7.84. The van der Waals surface area contributed by atoms with Gasteiger partial charge < -0.3 is 29.5 Å². The van der Waals surface area contributed by atoms with Crippen molar-refractivity contribution < 1.29 is 28.5 Å². The van der Waals surface area contributed by atoms with E-state index in [-0.39, 0.29) is 58.1 Å². The third kappa shape index (κ3) is 5.28. The second-order valence-corrected chi connectivity index (χ2v) is 13.3. The second-order valence-electron chi connectivity index (χ2n) is 13.3. The number of aromatic hydroxyl groups is 1. The molecule has 11 heteroatoms. The first kappa shape index (κ1) is 30.5. The van der Waals surface area contributed by atoms with E-state index in [2.05, 4.69) is 27.8 Å². The number of hydrogen-bond acceptors (Lipinski definition) is 9. The maximum Gasteiger partial charge on any atom is 0.319 e. The topological polar surface area (TPSA) is 104 Å². The van der Waals surface area contributed by atoms with Crippen LogP contribution in [-0.4, -0.2) is 88.2 Å². The van der Waals surface area contributed by atoms with Crippen molar-refractivity contribution in [3.63, 3.8) is 0 Å². The van der Waals surface area contributed by atoms with E-state index in [4.69, 9.17) is 20.9 Å². The molecule has 46 heavy (non-hydrogen) atoms. The van der Waals surface area contributed by atoms with Gasteiger partial charge in [0.1, 0.15) is 34.2 Å². The molecule has 240 valence electrons.